The van der Waals surface area contributed by atoms with E-state index in [-0.39, 0.29) is 6.04 Å². The Balaban J connectivity index is 2.07. The second kappa shape index (κ2) is 5.84. The summed E-state index contributed by atoms with van der Waals surface area (Å²) in [5.41, 5.74) is 7.75. The van der Waals surface area contributed by atoms with Crippen molar-refractivity contribution in [3.8, 4) is 0 Å². The van der Waals surface area contributed by atoms with Gasteiger partial charge < -0.3 is 10.7 Å². The maximum absolute atomic E-state index is 12.8. The van der Waals surface area contributed by atoms with Crippen molar-refractivity contribution in [2.45, 2.75) is 12.5 Å². The predicted molar refractivity (Wildman–Crippen MR) is 75.1 cm³/mol. The van der Waals surface area contributed by atoms with E-state index in [1.54, 1.807) is 6.08 Å². The van der Waals surface area contributed by atoms with Crippen molar-refractivity contribution in [1.29, 1.82) is 0 Å². The molecule has 1 aromatic heterocycles. The van der Waals surface area contributed by atoms with Crippen LogP contribution in [0.2, 0.25) is 0 Å². The molecule has 0 amide bonds. The SMILES string of the molecule is N[C@H](/C=C/C(F)=C\S)Cc1nc2ccccc2[nH]1. The van der Waals surface area contributed by atoms with Crippen molar-refractivity contribution in [3.63, 3.8) is 0 Å². The van der Waals surface area contributed by atoms with Crippen LogP contribution in [0.5, 0.6) is 0 Å². The lowest BCUT2D eigenvalue weighted by molar-refractivity contribution is 0.666. The maximum Gasteiger partial charge on any atom is 0.128 e. The van der Waals surface area contributed by atoms with Gasteiger partial charge in [-0.2, -0.15) is 0 Å². The molecule has 0 unspecified atom stereocenters. The van der Waals surface area contributed by atoms with Crippen LogP contribution in [-0.2, 0) is 6.42 Å². The first-order chi connectivity index (χ1) is 8.69. The van der Waals surface area contributed by atoms with Crippen LogP contribution in [0.1, 0.15) is 5.82 Å². The van der Waals surface area contributed by atoms with Crippen LogP contribution in [0.4, 0.5) is 4.39 Å². The summed E-state index contributed by atoms with van der Waals surface area (Å²) in [4.78, 5) is 7.59. The van der Waals surface area contributed by atoms with Gasteiger partial charge in [0, 0.05) is 17.9 Å². The summed E-state index contributed by atoms with van der Waals surface area (Å²) < 4.78 is 12.8. The van der Waals surface area contributed by atoms with E-state index in [1.807, 2.05) is 24.3 Å². The topological polar surface area (TPSA) is 54.7 Å². The molecule has 0 bridgehead atoms. The van der Waals surface area contributed by atoms with Crippen LogP contribution in [0.15, 0.2) is 47.7 Å². The van der Waals surface area contributed by atoms with Gasteiger partial charge in [-0.3, -0.25) is 0 Å². The molecule has 1 aromatic carbocycles. The Morgan fingerprint density at radius 3 is 3.00 bits per heavy atom. The Kier molecular flexibility index (Phi) is 4.17. The van der Waals surface area contributed by atoms with E-state index in [2.05, 4.69) is 22.6 Å². The third-order valence-electron chi connectivity index (χ3n) is 2.49. The number of nitrogens with one attached hydrogen (secondary N) is 1. The third kappa shape index (κ3) is 3.21. The van der Waals surface area contributed by atoms with Gasteiger partial charge in [0.15, 0.2) is 0 Å². The average molecular weight is 263 g/mol. The van der Waals surface area contributed by atoms with E-state index in [4.69, 9.17) is 5.73 Å². The number of aromatic nitrogens is 2. The molecule has 3 N–H and O–H groups in total. The number of fused-ring (bicyclic) bond motifs is 1. The fraction of sp³-hybridized carbons (Fsp3) is 0.154. The smallest absolute Gasteiger partial charge is 0.128 e. The number of benzene rings is 1. The van der Waals surface area contributed by atoms with Crippen molar-refractivity contribution in [2.75, 3.05) is 0 Å². The molecule has 2 aromatic rings. The lowest BCUT2D eigenvalue weighted by Gasteiger charge is -2.02. The summed E-state index contributed by atoms with van der Waals surface area (Å²) >= 11 is 3.70. The number of thiol groups is 1. The summed E-state index contributed by atoms with van der Waals surface area (Å²) in [5.74, 6) is 0.377. The predicted octanol–water partition coefficient (Wildman–Crippen LogP) is 2.73. The molecule has 1 heterocycles. The molecule has 5 heteroatoms. The van der Waals surface area contributed by atoms with E-state index in [9.17, 15) is 4.39 Å². The Morgan fingerprint density at radius 1 is 1.50 bits per heavy atom. The molecular weight excluding hydrogens is 249 g/mol. The molecule has 0 aliphatic rings. The zero-order valence-corrected chi connectivity index (χ0v) is 10.6. The number of hydrogen-bond acceptors (Lipinski definition) is 3. The summed E-state index contributed by atoms with van der Waals surface area (Å²) in [6.07, 6.45) is 3.43. The molecule has 0 aliphatic heterocycles. The monoisotopic (exact) mass is 263 g/mol. The number of allylic oxidation sites excluding steroid dienone is 2. The number of nitrogens with two attached hydrogens (primary N) is 1. The fourth-order valence-corrected chi connectivity index (χ4v) is 1.74. The highest BCUT2D eigenvalue weighted by Gasteiger charge is 2.05. The lowest BCUT2D eigenvalue weighted by Crippen LogP contribution is -2.20. The van der Waals surface area contributed by atoms with Crippen molar-refractivity contribution in [3.05, 3.63) is 53.5 Å². The van der Waals surface area contributed by atoms with E-state index in [1.165, 1.54) is 6.08 Å². The zero-order valence-electron chi connectivity index (χ0n) is 9.68. The molecule has 0 saturated heterocycles. The maximum atomic E-state index is 12.8. The number of hydrogen-bond donors (Lipinski definition) is 3. The highest BCUT2D eigenvalue weighted by molar-refractivity contribution is 7.83. The third-order valence-corrected chi connectivity index (χ3v) is 2.74. The van der Waals surface area contributed by atoms with Gasteiger partial charge in [-0.1, -0.05) is 18.2 Å². The number of aromatic amines is 1. The quantitative estimate of drug-likeness (QED) is 0.587. The Bertz CT molecular complexity index is 556. The molecule has 0 saturated carbocycles. The first-order valence-corrected chi connectivity index (χ1v) is 6.08. The number of imidazole rings is 1. The van der Waals surface area contributed by atoms with Gasteiger partial charge in [0.05, 0.1) is 11.0 Å². The van der Waals surface area contributed by atoms with E-state index >= 15 is 0 Å². The highest BCUT2D eigenvalue weighted by atomic mass is 32.1. The number of rotatable bonds is 4. The Labute approximate surface area is 110 Å². The standard InChI is InChI=1S/C13H14FN3S/c14-9(8-18)5-6-10(15)7-13-16-11-3-1-2-4-12(11)17-13/h1-6,8,10,18H,7,15H2,(H,16,17)/b6-5+,9-8+/t10-/m1/s1. The Hall–Kier alpha value is -1.59. The normalized spacial score (nSPS) is 14.5. The average Bonchev–Trinajstić information content (AvgIpc) is 2.77. The van der Waals surface area contributed by atoms with Crippen LogP contribution in [0, 0.1) is 0 Å². The number of nitrogens with zero attached hydrogens (tertiary/aromatic N) is 1. The van der Waals surface area contributed by atoms with E-state index < -0.39 is 5.83 Å². The summed E-state index contributed by atoms with van der Waals surface area (Å²) in [6, 6.07) is 7.47. The molecular formula is C13H14FN3S. The minimum absolute atomic E-state index is 0.287. The van der Waals surface area contributed by atoms with Crippen LogP contribution in [-0.4, -0.2) is 16.0 Å². The van der Waals surface area contributed by atoms with E-state index in [0.29, 0.717) is 6.42 Å². The molecule has 3 nitrogen and oxygen atoms in total. The Morgan fingerprint density at radius 2 is 2.28 bits per heavy atom. The molecule has 0 radical (unpaired) electrons. The van der Waals surface area contributed by atoms with E-state index in [0.717, 1.165) is 22.3 Å². The number of H-pyrrole nitrogens is 1. The summed E-state index contributed by atoms with van der Waals surface area (Å²) in [6.45, 7) is 0. The zero-order chi connectivity index (χ0) is 13.0. The van der Waals surface area contributed by atoms with Gasteiger partial charge in [0.25, 0.3) is 0 Å². The van der Waals surface area contributed by atoms with Crippen molar-refractivity contribution in [2.24, 2.45) is 5.73 Å². The van der Waals surface area contributed by atoms with Crippen molar-refractivity contribution >= 4 is 23.7 Å². The first-order valence-electron chi connectivity index (χ1n) is 5.56. The summed E-state index contributed by atoms with van der Waals surface area (Å²) in [7, 11) is 0. The molecule has 18 heavy (non-hydrogen) atoms. The summed E-state index contributed by atoms with van der Waals surface area (Å²) in [5, 5.41) is 1.09. The molecule has 1 atom stereocenters. The van der Waals surface area contributed by atoms with Crippen molar-refractivity contribution < 1.29 is 4.39 Å². The minimum atomic E-state index is -0.418. The molecule has 2 rings (SSSR count). The fourth-order valence-electron chi connectivity index (χ4n) is 1.65. The van der Waals surface area contributed by atoms with Crippen LogP contribution in [0.3, 0.4) is 0 Å². The van der Waals surface area contributed by atoms with Crippen LogP contribution < -0.4 is 5.73 Å². The number of para-hydroxylation sites is 2. The molecule has 0 spiro atoms. The second-order valence-corrected chi connectivity index (χ2v) is 4.20. The largest absolute Gasteiger partial charge is 0.342 e. The second-order valence-electron chi connectivity index (χ2n) is 3.94. The van der Waals surface area contributed by atoms with Crippen LogP contribution >= 0.6 is 12.6 Å². The lowest BCUT2D eigenvalue weighted by atomic mass is 10.2. The molecule has 0 aliphatic carbocycles. The van der Waals surface area contributed by atoms with Gasteiger partial charge in [-0.25, -0.2) is 9.37 Å². The molecule has 94 valence electrons. The first kappa shape index (κ1) is 12.9. The van der Waals surface area contributed by atoms with Crippen LogP contribution in [0.25, 0.3) is 11.0 Å². The van der Waals surface area contributed by atoms with Gasteiger partial charge in [-0.15, -0.1) is 12.6 Å². The van der Waals surface area contributed by atoms with Gasteiger partial charge >= 0.3 is 0 Å². The molecule has 0 fully saturated rings. The van der Waals surface area contributed by atoms with Gasteiger partial charge in [-0.05, 0) is 18.2 Å². The van der Waals surface area contributed by atoms with Gasteiger partial charge in [0.1, 0.15) is 11.7 Å². The van der Waals surface area contributed by atoms with Gasteiger partial charge in [0.2, 0.25) is 0 Å². The highest BCUT2D eigenvalue weighted by Crippen LogP contribution is 2.11. The minimum Gasteiger partial charge on any atom is -0.342 e. The van der Waals surface area contributed by atoms with Crippen molar-refractivity contribution in [1.82, 2.24) is 9.97 Å². The number of halogens is 1.